The molecule has 0 aliphatic rings. The Balaban J connectivity index is 1.85. The van der Waals surface area contributed by atoms with Gasteiger partial charge in [-0.05, 0) is 23.6 Å². The van der Waals surface area contributed by atoms with Gasteiger partial charge in [-0.25, -0.2) is 9.78 Å². The van der Waals surface area contributed by atoms with Gasteiger partial charge in [0.2, 0.25) is 5.95 Å². The van der Waals surface area contributed by atoms with Gasteiger partial charge in [-0.2, -0.15) is 4.39 Å². The molecule has 2 heterocycles. The summed E-state index contributed by atoms with van der Waals surface area (Å²) in [4.78, 5) is 16.1. The van der Waals surface area contributed by atoms with Crippen molar-refractivity contribution in [3.05, 3.63) is 52.2 Å². The third-order valence-corrected chi connectivity index (χ3v) is 3.02. The maximum Gasteiger partial charge on any atom is 0.357 e. The standard InChI is InChI=1S/C12H10FNO2S/c13-11-5-1-4-10(14-11)12(15)16-7-6-9-3-2-8-17-9/h1-5,8H,6-7H2. The lowest BCUT2D eigenvalue weighted by molar-refractivity contribution is 0.0501. The lowest BCUT2D eigenvalue weighted by atomic mass is 10.3. The Kier molecular flexibility index (Phi) is 3.82. The third-order valence-electron chi connectivity index (χ3n) is 2.09. The van der Waals surface area contributed by atoms with E-state index in [1.54, 1.807) is 11.3 Å². The average molecular weight is 251 g/mol. The monoisotopic (exact) mass is 251 g/mol. The first-order valence-electron chi connectivity index (χ1n) is 5.08. The van der Waals surface area contributed by atoms with Crippen LogP contribution in [0, 0.1) is 5.95 Å². The van der Waals surface area contributed by atoms with E-state index in [2.05, 4.69) is 4.98 Å². The Morgan fingerprint density at radius 2 is 2.24 bits per heavy atom. The summed E-state index contributed by atoms with van der Waals surface area (Å²) in [5.41, 5.74) is -0.00354. The van der Waals surface area contributed by atoms with Gasteiger partial charge in [-0.3, -0.25) is 0 Å². The van der Waals surface area contributed by atoms with Crippen molar-refractivity contribution >= 4 is 17.3 Å². The summed E-state index contributed by atoms with van der Waals surface area (Å²) in [5, 5.41) is 1.96. The molecule has 0 bridgehead atoms. The van der Waals surface area contributed by atoms with E-state index in [1.165, 1.54) is 18.2 Å². The Labute approximate surface area is 102 Å². The number of rotatable bonds is 4. The molecular weight excluding hydrogens is 241 g/mol. The van der Waals surface area contributed by atoms with Gasteiger partial charge in [-0.15, -0.1) is 11.3 Å². The first-order valence-corrected chi connectivity index (χ1v) is 5.96. The van der Waals surface area contributed by atoms with Crippen molar-refractivity contribution in [2.45, 2.75) is 6.42 Å². The van der Waals surface area contributed by atoms with Crippen molar-refractivity contribution in [3.63, 3.8) is 0 Å². The SMILES string of the molecule is O=C(OCCc1cccs1)c1cccc(F)n1. The van der Waals surface area contributed by atoms with Crippen LogP contribution in [0.3, 0.4) is 0 Å². The van der Waals surface area contributed by atoms with Crippen molar-refractivity contribution in [3.8, 4) is 0 Å². The summed E-state index contributed by atoms with van der Waals surface area (Å²) in [6.45, 7) is 0.275. The first-order chi connectivity index (χ1) is 8.25. The molecule has 0 unspecified atom stereocenters. The topological polar surface area (TPSA) is 39.2 Å². The average Bonchev–Trinajstić information content (AvgIpc) is 2.82. The van der Waals surface area contributed by atoms with Gasteiger partial charge >= 0.3 is 5.97 Å². The normalized spacial score (nSPS) is 10.2. The van der Waals surface area contributed by atoms with E-state index in [4.69, 9.17) is 4.74 Å². The van der Waals surface area contributed by atoms with Crippen molar-refractivity contribution < 1.29 is 13.9 Å². The molecular formula is C12H10FNO2S. The highest BCUT2D eigenvalue weighted by Gasteiger charge is 2.09. The largest absolute Gasteiger partial charge is 0.461 e. The molecule has 0 radical (unpaired) electrons. The third kappa shape index (κ3) is 3.35. The van der Waals surface area contributed by atoms with Gasteiger partial charge in [0.05, 0.1) is 6.61 Å². The fourth-order valence-corrected chi connectivity index (χ4v) is 1.99. The Morgan fingerprint density at radius 1 is 1.35 bits per heavy atom. The molecule has 0 aliphatic heterocycles. The van der Waals surface area contributed by atoms with Crippen molar-refractivity contribution in [2.24, 2.45) is 0 Å². The van der Waals surface area contributed by atoms with Gasteiger partial charge in [0.1, 0.15) is 0 Å². The second-order valence-corrected chi connectivity index (χ2v) is 4.34. The minimum atomic E-state index is -0.683. The van der Waals surface area contributed by atoms with E-state index in [0.29, 0.717) is 6.42 Å². The number of halogens is 1. The number of ether oxygens (including phenoxy) is 1. The molecule has 0 aromatic carbocycles. The fourth-order valence-electron chi connectivity index (χ4n) is 1.30. The smallest absolute Gasteiger partial charge is 0.357 e. The summed E-state index contributed by atoms with van der Waals surface area (Å²) in [6.07, 6.45) is 0.665. The Morgan fingerprint density at radius 3 is 2.94 bits per heavy atom. The van der Waals surface area contributed by atoms with Crippen LogP contribution < -0.4 is 0 Å². The molecule has 5 heteroatoms. The van der Waals surface area contributed by atoms with Crippen LogP contribution in [0.4, 0.5) is 4.39 Å². The molecule has 0 saturated heterocycles. The molecule has 2 aromatic heterocycles. The van der Waals surface area contributed by atoms with Crippen LogP contribution in [-0.4, -0.2) is 17.6 Å². The molecule has 0 saturated carbocycles. The molecule has 2 aromatic rings. The number of aromatic nitrogens is 1. The summed E-state index contributed by atoms with van der Waals surface area (Å²) in [5.74, 6) is -1.28. The highest BCUT2D eigenvalue weighted by Crippen LogP contribution is 2.09. The van der Waals surface area contributed by atoms with Crippen molar-refractivity contribution in [1.82, 2.24) is 4.98 Å². The number of thiophene rings is 1. The van der Waals surface area contributed by atoms with E-state index >= 15 is 0 Å². The van der Waals surface area contributed by atoms with E-state index in [9.17, 15) is 9.18 Å². The number of carbonyl (C=O) groups is 1. The number of hydrogen-bond donors (Lipinski definition) is 0. The summed E-state index contributed by atoms with van der Waals surface area (Å²) < 4.78 is 17.8. The molecule has 0 spiro atoms. The fraction of sp³-hybridized carbons (Fsp3) is 0.167. The van der Waals surface area contributed by atoms with Gasteiger partial charge in [0.25, 0.3) is 0 Å². The van der Waals surface area contributed by atoms with E-state index in [0.717, 1.165) is 4.88 Å². The minimum Gasteiger partial charge on any atom is -0.461 e. The van der Waals surface area contributed by atoms with Crippen LogP contribution in [0.5, 0.6) is 0 Å². The zero-order chi connectivity index (χ0) is 12.1. The number of esters is 1. The molecule has 2 rings (SSSR count). The van der Waals surface area contributed by atoms with Gasteiger partial charge in [0.15, 0.2) is 5.69 Å². The van der Waals surface area contributed by atoms with Crippen LogP contribution in [0.15, 0.2) is 35.7 Å². The number of carbonyl (C=O) groups excluding carboxylic acids is 1. The lowest BCUT2D eigenvalue weighted by Gasteiger charge is -2.02. The maximum absolute atomic E-state index is 12.8. The summed E-state index contributed by atoms with van der Waals surface area (Å²) in [6, 6.07) is 7.95. The van der Waals surface area contributed by atoms with E-state index in [1.807, 2.05) is 17.5 Å². The molecule has 0 atom stereocenters. The molecule has 0 amide bonds. The van der Waals surface area contributed by atoms with Crippen molar-refractivity contribution in [1.29, 1.82) is 0 Å². The van der Waals surface area contributed by atoms with Crippen LogP contribution in [0.1, 0.15) is 15.4 Å². The van der Waals surface area contributed by atoms with Gasteiger partial charge in [-0.1, -0.05) is 12.1 Å². The minimum absolute atomic E-state index is 0.00354. The van der Waals surface area contributed by atoms with Crippen LogP contribution in [0.25, 0.3) is 0 Å². The second-order valence-electron chi connectivity index (χ2n) is 3.31. The molecule has 3 nitrogen and oxygen atoms in total. The second kappa shape index (κ2) is 5.54. The zero-order valence-corrected chi connectivity index (χ0v) is 9.74. The van der Waals surface area contributed by atoms with Gasteiger partial charge in [0, 0.05) is 11.3 Å². The predicted molar refractivity (Wildman–Crippen MR) is 62.5 cm³/mol. The molecule has 0 aliphatic carbocycles. The Bertz CT molecular complexity index is 499. The molecule has 88 valence electrons. The summed E-state index contributed by atoms with van der Waals surface area (Å²) in [7, 11) is 0. The highest BCUT2D eigenvalue weighted by molar-refractivity contribution is 7.09. The maximum atomic E-state index is 12.8. The quantitative estimate of drug-likeness (QED) is 0.619. The van der Waals surface area contributed by atoms with E-state index in [-0.39, 0.29) is 12.3 Å². The van der Waals surface area contributed by atoms with Crippen molar-refractivity contribution in [2.75, 3.05) is 6.61 Å². The molecule has 0 N–H and O–H groups in total. The van der Waals surface area contributed by atoms with Gasteiger partial charge < -0.3 is 4.74 Å². The van der Waals surface area contributed by atoms with Crippen LogP contribution >= 0.6 is 11.3 Å². The summed E-state index contributed by atoms with van der Waals surface area (Å²) >= 11 is 1.61. The molecule has 0 fully saturated rings. The lowest BCUT2D eigenvalue weighted by Crippen LogP contribution is -2.10. The Hall–Kier alpha value is -1.75. The van der Waals surface area contributed by atoms with Crippen LogP contribution in [0.2, 0.25) is 0 Å². The van der Waals surface area contributed by atoms with E-state index < -0.39 is 11.9 Å². The predicted octanol–water partition coefficient (Wildman–Crippen LogP) is 2.68. The van der Waals surface area contributed by atoms with Crippen LogP contribution in [-0.2, 0) is 11.2 Å². The number of pyridine rings is 1. The molecule has 17 heavy (non-hydrogen) atoms. The zero-order valence-electron chi connectivity index (χ0n) is 8.93. The number of nitrogens with zero attached hydrogens (tertiary/aromatic N) is 1. The first kappa shape index (κ1) is 11.7. The highest BCUT2D eigenvalue weighted by atomic mass is 32.1. The number of hydrogen-bond acceptors (Lipinski definition) is 4.